The Labute approximate surface area is 109 Å². The van der Waals surface area contributed by atoms with Crippen LogP contribution in [0.1, 0.15) is 31.7 Å². The van der Waals surface area contributed by atoms with Crippen molar-refractivity contribution < 1.29 is 4.74 Å². The summed E-state index contributed by atoms with van der Waals surface area (Å²) < 4.78 is 5.84. The number of rotatable bonds is 4. The zero-order valence-corrected chi connectivity index (χ0v) is 11.4. The summed E-state index contributed by atoms with van der Waals surface area (Å²) in [5, 5.41) is 0. The topological polar surface area (TPSA) is 51.4 Å². The van der Waals surface area contributed by atoms with E-state index in [0.29, 0.717) is 6.10 Å². The molecular formula is C14H23N3O. The third-order valence-corrected chi connectivity index (χ3v) is 3.39. The van der Waals surface area contributed by atoms with E-state index in [-0.39, 0.29) is 0 Å². The van der Waals surface area contributed by atoms with Gasteiger partial charge in [-0.15, -0.1) is 0 Å². The molecule has 4 heteroatoms. The highest BCUT2D eigenvalue weighted by atomic mass is 16.5. The van der Waals surface area contributed by atoms with Crippen molar-refractivity contribution in [2.24, 2.45) is 0 Å². The van der Waals surface area contributed by atoms with E-state index in [1.54, 1.807) is 0 Å². The standard InChI is InChI=1S/C14H23N3O/c1-3-7-18-12-5-4-6-17(10-12)14-8-13(15)11(2)9-16-14/h8-9,12H,3-7,10H2,1-2H3,(H2,15,16). The van der Waals surface area contributed by atoms with Crippen molar-refractivity contribution in [2.75, 3.05) is 30.3 Å². The predicted molar refractivity (Wildman–Crippen MR) is 74.9 cm³/mol. The van der Waals surface area contributed by atoms with Crippen LogP contribution in [0.2, 0.25) is 0 Å². The fourth-order valence-electron chi connectivity index (χ4n) is 2.27. The zero-order chi connectivity index (χ0) is 13.0. The number of nitrogens with two attached hydrogens (primary N) is 1. The van der Waals surface area contributed by atoms with Crippen LogP contribution in [-0.2, 0) is 4.74 Å². The first-order chi connectivity index (χ1) is 8.70. The Hall–Kier alpha value is -1.29. The molecule has 2 N–H and O–H groups in total. The lowest BCUT2D eigenvalue weighted by Crippen LogP contribution is -2.40. The number of hydrogen-bond donors (Lipinski definition) is 1. The molecule has 0 radical (unpaired) electrons. The Morgan fingerprint density at radius 3 is 3.11 bits per heavy atom. The third kappa shape index (κ3) is 3.13. The maximum absolute atomic E-state index is 5.94. The maximum atomic E-state index is 5.94. The van der Waals surface area contributed by atoms with Gasteiger partial charge in [0.25, 0.3) is 0 Å². The van der Waals surface area contributed by atoms with Gasteiger partial charge in [-0.1, -0.05) is 6.92 Å². The zero-order valence-electron chi connectivity index (χ0n) is 11.4. The first-order valence-corrected chi connectivity index (χ1v) is 6.79. The van der Waals surface area contributed by atoms with Crippen LogP contribution in [0.15, 0.2) is 12.3 Å². The van der Waals surface area contributed by atoms with Gasteiger partial charge in [0, 0.05) is 37.6 Å². The summed E-state index contributed by atoms with van der Waals surface area (Å²) in [4.78, 5) is 6.75. The first kappa shape index (κ1) is 13.1. The van der Waals surface area contributed by atoms with Crippen LogP contribution in [0.3, 0.4) is 0 Å². The summed E-state index contributed by atoms with van der Waals surface area (Å²) in [6.07, 6.45) is 5.57. The predicted octanol–water partition coefficient (Wildman–Crippen LogP) is 2.37. The molecule has 0 aromatic carbocycles. The Balaban J connectivity index is 2.01. The maximum Gasteiger partial charge on any atom is 0.130 e. The summed E-state index contributed by atoms with van der Waals surface area (Å²) in [6.45, 7) is 6.94. The van der Waals surface area contributed by atoms with Gasteiger partial charge in [0.15, 0.2) is 0 Å². The van der Waals surface area contributed by atoms with Gasteiger partial charge in [0.2, 0.25) is 0 Å². The van der Waals surface area contributed by atoms with Gasteiger partial charge in [-0.05, 0) is 31.7 Å². The Bertz CT molecular complexity index is 395. The van der Waals surface area contributed by atoms with Crippen molar-refractivity contribution in [3.05, 3.63) is 17.8 Å². The molecule has 1 saturated heterocycles. The minimum atomic E-state index is 0.336. The van der Waals surface area contributed by atoms with Crippen LogP contribution < -0.4 is 10.6 Å². The number of aromatic nitrogens is 1. The minimum absolute atomic E-state index is 0.336. The van der Waals surface area contributed by atoms with Crippen molar-refractivity contribution in [2.45, 2.75) is 39.2 Å². The lowest BCUT2D eigenvalue weighted by molar-refractivity contribution is 0.0439. The van der Waals surface area contributed by atoms with E-state index in [9.17, 15) is 0 Å². The minimum Gasteiger partial charge on any atom is -0.398 e. The Morgan fingerprint density at radius 1 is 1.56 bits per heavy atom. The van der Waals surface area contributed by atoms with Gasteiger partial charge in [-0.25, -0.2) is 4.98 Å². The number of hydrogen-bond acceptors (Lipinski definition) is 4. The molecule has 2 heterocycles. The molecule has 1 aromatic rings. The van der Waals surface area contributed by atoms with Crippen LogP contribution in [-0.4, -0.2) is 30.8 Å². The van der Waals surface area contributed by atoms with E-state index in [4.69, 9.17) is 10.5 Å². The van der Waals surface area contributed by atoms with Gasteiger partial charge in [-0.2, -0.15) is 0 Å². The number of aryl methyl sites for hydroxylation is 1. The average Bonchev–Trinajstić information content (AvgIpc) is 2.40. The molecule has 4 nitrogen and oxygen atoms in total. The highest BCUT2D eigenvalue weighted by molar-refractivity contribution is 5.54. The summed E-state index contributed by atoms with van der Waals surface area (Å²) in [7, 11) is 0. The van der Waals surface area contributed by atoms with E-state index in [1.165, 1.54) is 0 Å². The largest absolute Gasteiger partial charge is 0.398 e. The van der Waals surface area contributed by atoms with Crippen LogP contribution in [0, 0.1) is 6.92 Å². The van der Waals surface area contributed by atoms with Gasteiger partial charge in [-0.3, -0.25) is 0 Å². The molecule has 100 valence electrons. The molecule has 1 atom stereocenters. The molecule has 18 heavy (non-hydrogen) atoms. The fourth-order valence-corrected chi connectivity index (χ4v) is 2.27. The molecule has 0 bridgehead atoms. The van der Waals surface area contributed by atoms with Crippen LogP contribution in [0.5, 0.6) is 0 Å². The number of anilines is 2. The van der Waals surface area contributed by atoms with E-state index in [2.05, 4.69) is 16.8 Å². The second kappa shape index (κ2) is 6.05. The van der Waals surface area contributed by atoms with Gasteiger partial charge in [0.1, 0.15) is 5.82 Å². The second-order valence-electron chi connectivity index (χ2n) is 4.98. The molecule has 1 fully saturated rings. The van der Waals surface area contributed by atoms with Gasteiger partial charge < -0.3 is 15.4 Å². The van der Waals surface area contributed by atoms with Gasteiger partial charge in [0.05, 0.1) is 6.10 Å². The Morgan fingerprint density at radius 2 is 2.39 bits per heavy atom. The number of nitrogen functional groups attached to an aromatic ring is 1. The number of ether oxygens (including phenoxy) is 1. The van der Waals surface area contributed by atoms with E-state index >= 15 is 0 Å². The molecule has 0 amide bonds. The van der Waals surface area contributed by atoms with E-state index in [1.807, 2.05) is 19.2 Å². The van der Waals surface area contributed by atoms with Crippen molar-refractivity contribution in [1.29, 1.82) is 0 Å². The lowest BCUT2D eigenvalue weighted by Gasteiger charge is -2.33. The van der Waals surface area contributed by atoms with Crippen molar-refractivity contribution in [3.63, 3.8) is 0 Å². The summed E-state index contributed by atoms with van der Waals surface area (Å²) >= 11 is 0. The van der Waals surface area contributed by atoms with Crippen molar-refractivity contribution >= 4 is 11.5 Å². The smallest absolute Gasteiger partial charge is 0.130 e. The summed E-state index contributed by atoms with van der Waals surface area (Å²) in [5.41, 5.74) is 7.80. The first-order valence-electron chi connectivity index (χ1n) is 6.79. The molecule has 2 rings (SSSR count). The highest BCUT2D eigenvalue weighted by Crippen LogP contribution is 2.22. The van der Waals surface area contributed by atoms with Crippen molar-refractivity contribution in [3.8, 4) is 0 Å². The molecule has 1 aromatic heterocycles. The van der Waals surface area contributed by atoms with Crippen LogP contribution in [0.25, 0.3) is 0 Å². The van der Waals surface area contributed by atoms with Crippen molar-refractivity contribution in [1.82, 2.24) is 4.98 Å². The lowest BCUT2D eigenvalue weighted by atomic mass is 10.1. The molecule has 0 saturated carbocycles. The molecule has 1 aliphatic rings. The fraction of sp³-hybridized carbons (Fsp3) is 0.643. The number of piperidine rings is 1. The number of pyridine rings is 1. The average molecular weight is 249 g/mol. The SMILES string of the molecule is CCCOC1CCCN(c2cc(N)c(C)cn2)C1. The molecular weight excluding hydrogens is 226 g/mol. The Kier molecular flexibility index (Phi) is 4.42. The quantitative estimate of drug-likeness (QED) is 0.890. The van der Waals surface area contributed by atoms with E-state index in [0.717, 1.165) is 56.0 Å². The van der Waals surface area contributed by atoms with Crippen LogP contribution in [0.4, 0.5) is 11.5 Å². The second-order valence-corrected chi connectivity index (χ2v) is 4.98. The summed E-state index contributed by atoms with van der Waals surface area (Å²) in [5.74, 6) is 0.975. The van der Waals surface area contributed by atoms with Gasteiger partial charge >= 0.3 is 0 Å². The highest BCUT2D eigenvalue weighted by Gasteiger charge is 2.21. The monoisotopic (exact) mass is 249 g/mol. The summed E-state index contributed by atoms with van der Waals surface area (Å²) in [6, 6.07) is 1.97. The molecule has 1 unspecified atom stereocenters. The van der Waals surface area contributed by atoms with E-state index < -0.39 is 0 Å². The van der Waals surface area contributed by atoms with Crippen LogP contribution >= 0.6 is 0 Å². The number of nitrogens with zero attached hydrogens (tertiary/aromatic N) is 2. The molecule has 0 spiro atoms. The third-order valence-electron chi connectivity index (χ3n) is 3.39. The molecule has 0 aliphatic carbocycles. The normalized spacial score (nSPS) is 20.1. The molecule has 1 aliphatic heterocycles.